The van der Waals surface area contributed by atoms with Crippen LogP contribution in [0.15, 0.2) is 0 Å². The van der Waals surface area contributed by atoms with Gasteiger partial charge in [-0.15, -0.1) is 0 Å². The molecule has 0 aromatic rings. The second kappa shape index (κ2) is 6.64. The zero-order valence-electron chi connectivity index (χ0n) is 11.8. The molecule has 16 heavy (non-hydrogen) atoms. The minimum atomic E-state index is 0.461. The van der Waals surface area contributed by atoms with E-state index >= 15 is 0 Å². The minimum Gasteiger partial charge on any atom is -0.314 e. The Hall–Kier alpha value is -0.0400. The van der Waals surface area contributed by atoms with Crippen LogP contribution in [0.2, 0.25) is 0 Å². The van der Waals surface area contributed by atoms with Crippen molar-refractivity contribution in [3.8, 4) is 0 Å². The standard InChI is InChI=1S/C15H31N/c1-5-11-16-14(12-15(2,3)4)13-9-7-6-8-10-13/h13-14,16H,5-12H2,1-4H3. The van der Waals surface area contributed by atoms with Crippen LogP contribution in [0.25, 0.3) is 0 Å². The fourth-order valence-electron chi connectivity index (χ4n) is 2.93. The first-order chi connectivity index (χ1) is 7.53. The van der Waals surface area contributed by atoms with Crippen LogP contribution in [-0.2, 0) is 0 Å². The van der Waals surface area contributed by atoms with Gasteiger partial charge in [-0.05, 0) is 43.6 Å². The van der Waals surface area contributed by atoms with Crippen LogP contribution in [0.4, 0.5) is 0 Å². The van der Waals surface area contributed by atoms with Gasteiger partial charge < -0.3 is 5.32 Å². The predicted octanol–water partition coefficient (Wildman–Crippen LogP) is 4.37. The molecule has 1 fully saturated rings. The van der Waals surface area contributed by atoms with Crippen molar-refractivity contribution in [2.75, 3.05) is 6.54 Å². The third-order valence-corrected chi connectivity index (χ3v) is 3.71. The van der Waals surface area contributed by atoms with Crippen LogP contribution < -0.4 is 5.32 Å². The van der Waals surface area contributed by atoms with E-state index in [-0.39, 0.29) is 0 Å². The highest BCUT2D eigenvalue weighted by Gasteiger charge is 2.26. The van der Waals surface area contributed by atoms with Crippen molar-refractivity contribution in [2.45, 2.75) is 78.7 Å². The van der Waals surface area contributed by atoms with Gasteiger partial charge in [0.15, 0.2) is 0 Å². The Balaban J connectivity index is 2.47. The molecule has 0 aliphatic heterocycles. The lowest BCUT2D eigenvalue weighted by Crippen LogP contribution is -2.40. The smallest absolute Gasteiger partial charge is 0.0100 e. The van der Waals surface area contributed by atoms with Gasteiger partial charge in [-0.1, -0.05) is 47.0 Å². The zero-order chi connectivity index (χ0) is 12.0. The first-order valence-corrected chi connectivity index (χ1v) is 7.26. The van der Waals surface area contributed by atoms with Crippen LogP contribution in [0.3, 0.4) is 0 Å². The van der Waals surface area contributed by atoms with Gasteiger partial charge in [0.25, 0.3) is 0 Å². The van der Waals surface area contributed by atoms with Gasteiger partial charge in [-0.25, -0.2) is 0 Å². The van der Waals surface area contributed by atoms with Crippen molar-refractivity contribution < 1.29 is 0 Å². The summed E-state index contributed by atoms with van der Waals surface area (Å²) >= 11 is 0. The summed E-state index contributed by atoms with van der Waals surface area (Å²) in [6.45, 7) is 10.6. The van der Waals surface area contributed by atoms with Crippen LogP contribution in [0.5, 0.6) is 0 Å². The van der Waals surface area contributed by atoms with Gasteiger partial charge in [0.1, 0.15) is 0 Å². The van der Waals surface area contributed by atoms with Crippen molar-refractivity contribution in [1.82, 2.24) is 5.32 Å². The fourth-order valence-corrected chi connectivity index (χ4v) is 2.93. The molecule has 1 nitrogen and oxygen atoms in total. The van der Waals surface area contributed by atoms with E-state index < -0.39 is 0 Å². The Morgan fingerprint density at radius 2 is 1.75 bits per heavy atom. The summed E-state index contributed by atoms with van der Waals surface area (Å²) in [6.07, 6.45) is 9.88. The number of rotatable bonds is 5. The largest absolute Gasteiger partial charge is 0.314 e. The second-order valence-corrected chi connectivity index (χ2v) is 6.72. The maximum Gasteiger partial charge on any atom is 0.0100 e. The van der Waals surface area contributed by atoms with E-state index in [9.17, 15) is 0 Å². The Labute approximate surface area is 102 Å². The molecule has 1 unspecified atom stereocenters. The molecule has 0 aromatic heterocycles. The van der Waals surface area contributed by atoms with Crippen LogP contribution in [0.1, 0.15) is 72.6 Å². The van der Waals surface area contributed by atoms with Crippen LogP contribution in [-0.4, -0.2) is 12.6 Å². The van der Waals surface area contributed by atoms with Gasteiger partial charge in [-0.2, -0.15) is 0 Å². The molecule has 1 heteroatoms. The molecule has 0 bridgehead atoms. The van der Waals surface area contributed by atoms with Gasteiger partial charge in [0.05, 0.1) is 0 Å². The van der Waals surface area contributed by atoms with Crippen molar-refractivity contribution in [2.24, 2.45) is 11.3 Å². The second-order valence-electron chi connectivity index (χ2n) is 6.72. The quantitative estimate of drug-likeness (QED) is 0.732. The van der Waals surface area contributed by atoms with E-state index in [1.165, 1.54) is 51.5 Å². The molecule has 0 radical (unpaired) electrons. The molecule has 1 atom stereocenters. The van der Waals surface area contributed by atoms with E-state index in [2.05, 4.69) is 33.0 Å². The number of hydrogen-bond acceptors (Lipinski definition) is 1. The summed E-state index contributed by atoms with van der Waals surface area (Å²) in [5, 5.41) is 3.80. The lowest BCUT2D eigenvalue weighted by molar-refractivity contribution is 0.206. The zero-order valence-corrected chi connectivity index (χ0v) is 11.8. The Morgan fingerprint density at radius 1 is 1.12 bits per heavy atom. The highest BCUT2D eigenvalue weighted by molar-refractivity contribution is 4.83. The Kier molecular flexibility index (Phi) is 5.82. The number of hydrogen-bond donors (Lipinski definition) is 1. The maximum absolute atomic E-state index is 3.80. The predicted molar refractivity (Wildman–Crippen MR) is 72.7 cm³/mol. The lowest BCUT2D eigenvalue weighted by atomic mass is 9.77. The third-order valence-electron chi connectivity index (χ3n) is 3.71. The molecule has 1 aliphatic rings. The van der Waals surface area contributed by atoms with E-state index in [1.807, 2.05) is 0 Å². The molecular formula is C15H31N. The lowest BCUT2D eigenvalue weighted by Gasteiger charge is -2.35. The van der Waals surface area contributed by atoms with E-state index in [0.29, 0.717) is 5.41 Å². The molecule has 1 rings (SSSR count). The molecule has 0 aromatic carbocycles. The van der Waals surface area contributed by atoms with Gasteiger partial charge in [-0.3, -0.25) is 0 Å². The molecular weight excluding hydrogens is 194 g/mol. The average molecular weight is 225 g/mol. The first kappa shape index (κ1) is 14.0. The van der Waals surface area contributed by atoms with Gasteiger partial charge in [0, 0.05) is 6.04 Å². The average Bonchev–Trinajstić information content (AvgIpc) is 2.24. The minimum absolute atomic E-state index is 0.461. The molecule has 96 valence electrons. The fraction of sp³-hybridized carbons (Fsp3) is 1.00. The van der Waals surface area contributed by atoms with Crippen LogP contribution >= 0.6 is 0 Å². The molecule has 1 saturated carbocycles. The SMILES string of the molecule is CCCNC(CC(C)(C)C)C1CCCCC1. The maximum atomic E-state index is 3.80. The van der Waals surface area contributed by atoms with E-state index in [0.717, 1.165) is 12.0 Å². The van der Waals surface area contributed by atoms with Crippen molar-refractivity contribution in [3.63, 3.8) is 0 Å². The van der Waals surface area contributed by atoms with E-state index in [4.69, 9.17) is 0 Å². The molecule has 1 N–H and O–H groups in total. The van der Waals surface area contributed by atoms with Crippen molar-refractivity contribution in [1.29, 1.82) is 0 Å². The topological polar surface area (TPSA) is 12.0 Å². The number of nitrogens with one attached hydrogen (secondary N) is 1. The third kappa shape index (κ3) is 5.34. The van der Waals surface area contributed by atoms with E-state index in [1.54, 1.807) is 0 Å². The summed E-state index contributed by atoms with van der Waals surface area (Å²) in [6, 6.07) is 0.764. The summed E-state index contributed by atoms with van der Waals surface area (Å²) < 4.78 is 0. The Bertz CT molecular complexity index is 174. The summed E-state index contributed by atoms with van der Waals surface area (Å²) in [7, 11) is 0. The first-order valence-electron chi connectivity index (χ1n) is 7.26. The normalized spacial score (nSPS) is 21.0. The van der Waals surface area contributed by atoms with Crippen molar-refractivity contribution in [3.05, 3.63) is 0 Å². The van der Waals surface area contributed by atoms with Gasteiger partial charge in [0.2, 0.25) is 0 Å². The molecule has 0 saturated heterocycles. The summed E-state index contributed by atoms with van der Waals surface area (Å²) in [4.78, 5) is 0. The molecule has 1 aliphatic carbocycles. The van der Waals surface area contributed by atoms with Crippen molar-refractivity contribution >= 4 is 0 Å². The molecule has 0 spiro atoms. The monoisotopic (exact) mass is 225 g/mol. The Morgan fingerprint density at radius 3 is 2.25 bits per heavy atom. The van der Waals surface area contributed by atoms with Crippen LogP contribution in [0, 0.1) is 11.3 Å². The highest BCUT2D eigenvalue weighted by atomic mass is 14.9. The highest BCUT2D eigenvalue weighted by Crippen LogP contribution is 2.32. The van der Waals surface area contributed by atoms with Gasteiger partial charge >= 0.3 is 0 Å². The molecule has 0 heterocycles. The molecule has 0 amide bonds. The summed E-state index contributed by atoms with van der Waals surface area (Å²) in [5.41, 5.74) is 0.461. The summed E-state index contributed by atoms with van der Waals surface area (Å²) in [5.74, 6) is 0.944.